The molecule has 2 fully saturated rings. The minimum absolute atomic E-state index is 0.0236. The van der Waals surface area contributed by atoms with Crippen LogP contribution in [0.2, 0.25) is 0 Å². The molecule has 0 radical (unpaired) electrons. The van der Waals surface area contributed by atoms with Gasteiger partial charge in [0.05, 0.1) is 12.1 Å². The second kappa shape index (κ2) is 8.08. The van der Waals surface area contributed by atoms with Crippen LogP contribution in [0.3, 0.4) is 0 Å². The van der Waals surface area contributed by atoms with E-state index in [1.807, 2.05) is 29.2 Å². The van der Waals surface area contributed by atoms with E-state index in [1.54, 1.807) is 14.0 Å². The van der Waals surface area contributed by atoms with E-state index in [0.717, 1.165) is 50.0 Å². The summed E-state index contributed by atoms with van der Waals surface area (Å²) in [5.41, 5.74) is 1.64. The molecule has 0 spiro atoms. The maximum Gasteiger partial charge on any atom is 0.318 e. The highest BCUT2D eigenvalue weighted by molar-refractivity contribution is 5.94. The fourth-order valence-electron chi connectivity index (χ4n) is 4.01. The fourth-order valence-corrected chi connectivity index (χ4v) is 4.01. The Kier molecular flexibility index (Phi) is 5.81. The third kappa shape index (κ3) is 4.18. The Bertz CT molecular complexity index is 630. The lowest BCUT2D eigenvalue weighted by Crippen LogP contribution is -2.58. The maximum atomic E-state index is 12.7. The molecule has 6 heteroatoms. The molecule has 0 bridgehead atoms. The Morgan fingerprint density at radius 1 is 1.08 bits per heavy atom. The quantitative estimate of drug-likeness (QED) is 0.821. The molecule has 0 aromatic heterocycles. The predicted octanol–water partition coefficient (Wildman–Crippen LogP) is 2.68. The second-order valence-corrected chi connectivity index (χ2v) is 7.43. The van der Waals surface area contributed by atoms with Crippen molar-refractivity contribution >= 4 is 17.5 Å². The molecular formula is C20H29N3O3. The molecular weight excluding hydrogens is 330 g/mol. The molecule has 3 rings (SSSR count). The van der Waals surface area contributed by atoms with Crippen molar-refractivity contribution in [3.63, 3.8) is 0 Å². The van der Waals surface area contributed by atoms with E-state index in [9.17, 15) is 9.59 Å². The number of rotatable bonds is 5. The Balaban J connectivity index is 1.54. The van der Waals surface area contributed by atoms with Gasteiger partial charge in [0.2, 0.25) is 0 Å². The molecule has 1 N–H and O–H groups in total. The van der Waals surface area contributed by atoms with Crippen LogP contribution >= 0.6 is 0 Å². The molecule has 1 saturated heterocycles. The SMILES string of the molecule is COCC1(NC(=O)N2CCN(c3ccc(C(C)=O)cc3)CC2)CCCC1. The molecule has 1 heterocycles. The molecule has 1 aliphatic carbocycles. The molecule has 0 atom stereocenters. The van der Waals surface area contributed by atoms with Crippen LogP contribution in [0.15, 0.2) is 24.3 Å². The van der Waals surface area contributed by atoms with E-state index in [2.05, 4.69) is 10.2 Å². The number of hydrogen-bond donors (Lipinski definition) is 1. The van der Waals surface area contributed by atoms with Gasteiger partial charge in [0.1, 0.15) is 0 Å². The molecule has 1 aromatic rings. The average Bonchev–Trinajstić information content (AvgIpc) is 3.10. The van der Waals surface area contributed by atoms with E-state index < -0.39 is 0 Å². The van der Waals surface area contributed by atoms with E-state index in [0.29, 0.717) is 19.7 Å². The van der Waals surface area contributed by atoms with Gasteiger partial charge in [0, 0.05) is 44.5 Å². The van der Waals surface area contributed by atoms with Gasteiger partial charge in [0.25, 0.3) is 0 Å². The van der Waals surface area contributed by atoms with E-state index in [-0.39, 0.29) is 17.4 Å². The number of methoxy groups -OCH3 is 1. The van der Waals surface area contributed by atoms with E-state index in [4.69, 9.17) is 4.74 Å². The molecule has 142 valence electrons. The summed E-state index contributed by atoms with van der Waals surface area (Å²) in [4.78, 5) is 28.2. The Morgan fingerprint density at radius 2 is 1.69 bits per heavy atom. The number of urea groups is 1. The van der Waals surface area contributed by atoms with Crippen LogP contribution < -0.4 is 10.2 Å². The summed E-state index contributed by atoms with van der Waals surface area (Å²) in [6, 6.07) is 7.73. The standard InChI is InChI=1S/C20H29N3O3/c1-16(24)17-5-7-18(8-6-17)22-11-13-23(14-12-22)19(25)21-20(15-26-2)9-3-4-10-20/h5-8H,3-4,9-15H2,1-2H3,(H,21,25). The van der Waals surface area contributed by atoms with Crippen molar-refractivity contribution in [2.45, 2.75) is 38.1 Å². The monoisotopic (exact) mass is 359 g/mol. The lowest BCUT2D eigenvalue weighted by atomic mass is 9.99. The second-order valence-electron chi connectivity index (χ2n) is 7.43. The van der Waals surface area contributed by atoms with Crippen LogP contribution in [0.25, 0.3) is 0 Å². The van der Waals surface area contributed by atoms with E-state index >= 15 is 0 Å². The number of nitrogens with one attached hydrogen (secondary N) is 1. The Morgan fingerprint density at radius 3 is 2.23 bits per heavy atom. The van der Waals surface area contributed by atoms with Gasteiger partial charge in [-0.2, -0.15) is 0 Å². The Labute approximate surface area is 155 Å². The van der Waals surface area contributed by atoms with Crippen LogP contribution in [0.1, 0.15) is 43.0 Å². The Hall–Kier alpha value is -2.08. The summed E-state index contributed by atoms with van der Waals surface area (Å²) >= 11 is 0. The number of ketones is 1. The summed E-state index contributed by atoms with van der Waals surface area (Å²) in [5, 5.41) is 3.24. The highest BCUT2D eigenvalue weighted by Crippen LogP contribution is 2.30. The van der Waals surface area contributed by atoms with Gasteiger partial charge in [-0.25, -0.2) is 4.79 Å². The molecule has 1 aromatic carbocycles. The van der Waals surface area contributed by atoms with Crippen molar-refractivity contribution in [2.75, 3.05) is 44.8 Å². The number of ether oxygens (including phenoxy) is 1. The van der Waals surface area contributed by atoms with Crippen molar-refractivity contribution < 1.29 is 14.3 Å². The lowest BCUT2D eigenvalue weighted by molar-refractivity contribution is 0.101. The number of carbonyl (C=O) groups excluding carboxylic acids is 2. The van der Waals surface area contributed by atoms with Crippen molar-refractivity contribution in [3.8, 4) is 0 Å². The molecule has 1 aliphatic heterocycles. The number of carbonyl (C=O) groups is 2. The first kappa shape index (κ1) is 18.7. The van der Waals surface area contributed by atoms with Crippen LogP contribution in [0, 0.1) is 0 Å². The number of benzene rings is 1. The molecule has 2 amide bonds. The minimum Gasteiger partial charge on any atom is -0.382 e. The van der Waals surface area contributed by atoms with Crippen molar-refractivity contribution in [3.05, 3.63) is 29.8 Å². The number of nitrogens with zero attached hydrogens (tertiary/aromatic N) is 2. The maximum absolute atomic E-state index is 12.7. The van der Waals surface area contributed by atoms with Gasteiger partial charge in [0.15, 0.2) is 5.78 Å². The zero-order valence-electron chi connectivity index (χ0n) is 15.8. The number of hydrogen-bond acceptors (Lipinski definition) is 4. The summed E-state index contributed by atoms with van der Waals surface area (Å²) in [5.74, 6) is 0.0786. The highest BCUT2D eigenvalue weighted by atomic mass is 16.5. The van der Waals surface area contributed by atoms with Crippen molar-refractivity contribution in [1.29, 1.82) is 0 Å². The van der Waals surface area contributed by atoms with Gasteiger partial charge in [-0.1, -0.05) is 12.8 Å². The summed E-state index contributed by atoms with van der Waals surface area (Å²) in [7, 11) is 1.70. The number of Topliss-reactive ketones (excluding diaryl/α,β-unsaturated/α-hetero) is 1. The highest BCUT2D eigenvalue weighted by Gasteiger charge is 2.37. The lowest BCUT2D eigenvalue weighted by Gasteiger charge is -2.38. The predicted molar refractivity (Wildman–Crippen MR) is 102 cm³/mol. The number of amides is 2. The summed E-state index contributed by atoms with van der Waals surface area (Å²) < 4.78 is 5.35. The largest absolute Gasteiger partial charge is 0.382 e. The van der Waals surface area contributed by atoms with Gasteiger partial charge >= 0.3 is 6.03 Å². The van der Waals surface area contributed by atoms with Gasteiger partial charge in [-0.05, 0) is 44.0 Å². The first-order valence-electron chi connectivity index (χ1n) is 9.45. The van der Waals surface area contributed by atoms with Crippen LogP contribution in [0.4, 0.5) is 10.5 Å². The van der Waals surface area contributed by atoms with Gasteiger partial charge < -0.3 is 19.9 Å². The fraction of sp³-hybridized carbons (Fsp3) is 0.600. The van der Waals surface area contributed by atoms with Gasteiger partial charge in [-0.15, -0.1) is 0 Å². The number of piperazine rings is 1. The van der Waals surface area contributed by atoms with Crippen LogP contribution in [-0.2, 0) is 4.74 Å². The normalized spacial score (nSPS) is 19.5. The number of anilines is 1. The third-order valence-electron chi connectivity index (χ3n) is 5.56. The minimum atomic E-state index is -0.189. The summed E-state index contributed by atoms with van der Waals surface area (Å²) in [6.45, 7) is 5.15. The smallest absolute Gasteiger partial charge is 0.318 e. The van der Waals surface area contributed by atoms with Crippen LogP contribution in [-0.4, -0.2) is 62.1 Å². The first-order chi connectivity index (χ1) is 12.5. The van der Waals surface area contributed by atoms with Crippen LogP contribution in [0.5, 0.6) is 0 Å². The van der Waals surface area contributed by atoms with Crippen molar-refractivity contribution in [2.24, 2.45) is 0 Å². The first-order valence-corrected chi connectivity index (χ1v) is 9.45. The zero-order chi connectivity index (χ0) is 18.6. The van der Waals surface area contributed by atoms with Crippen molar-refractivity contribution in [1.82, 2.24) is 10.2 Å². The average molecular weight is 359 g/mol. The third-order valence-corrected chi connectivity index (χ3v) is 5.56. The summed E-state index contributed by atoms with van der Waals surface area (Å²) in [6.07, 6.45) is 4.28. The topological polar surface area (TPSA) is 61.9 Å². The van der Waals surface area contributed by atoms with E-state index in [1.165, 1.54) is 0 Å². The molecule has 2 aliphatic rings. The molecule has 1 saturated carbocycles. The molecule has 0 unspecified atom stereocenters. The molecule has 26 heavy (non-hydrogen) atoms. The zero-order valence-corrected chi connectivity index (χ0v) is 15.8. The molecule has 6 nitrogen and oxygen atoms in total. The van der Waals surface area contributed by atoms with Gasteiger partial charge in [-0.3, -0.25) is 4.79 Å².